The van der Waals surface area contributed by atoms with Crippen LogP contribution >= 0.6 is 0 Å². The molecule has 0 spiro atoms. The summed E-state index contributed by atoms with van der Waals surface area (Å²) in [6.07, 6.45) is 2.94. The van der Waals surface area contributed by atoms with Gasteiger partial charge in [0.05, 0.1) is 5.52 Å². The highest BCUT2D eigenvalue weighted by atomic mass is 14.6. The summed E-state index contributed by atoms with van der Waals surface area (Å²) in [5.74, 6) is 0. The van der Waals surface area contributed by atoms with Gasteiger partial charge in [-0.1, -0.05) is 60.7 Å². The molecule has 0 bridgehead atoms. The highest BCUT2D eigenvalue weighted by Crippen LogP contribution is 2.26. The third-order valence-corrected chi connectivity index (χ3v) is 4.15. The lowest BCUT2D eigenvalue weighted by Crippen LogP contribution is -1.89. The third-order valence-electron chi connectivity index (χ3n) is 4.15. The molecule has 0 radical (unpaired) electrons. The first-order chi connectivity index (χ1) is 10.8. The van der Waals surface area contributed by atoms with E-state index < -0.39 is 0 Å². The number of aryl methyl sites for hydroxylation is 1. The minimum Gasteiger partial charge on any atom is -0.256 e. The van der Waals surface area contributed by atoms with E-state index in [-0.39, 0.29) is 0 Å². The highest BCUT2D eigenvalue weighted by molar-refractivity contribution is 6.05. The van der Waals surface area contributed by atoms with Crippen molar-refractivity contribution in [3.8, 4) is 0 Å². The first-order valence-electron chi connectivity index (χ1n) is 7.61. The van der Waals surface area contributed by atoms with Crippen LogP contribution in [0.2, 0.25) is 0 Å². The Bertz CT molecular complexity index is 955. The molecule has 106 valence electrons. The molecular weight excluding hydrogens is 266 g/mol. The van der Waals surface area contributed by atoms with E-state index in [0.29, 0.717) is 0 Å². The Hall–Kier alpha value is -2.67. The molecule has 0 aliphatic rings. The van der Waals surface area contributed by atoms with Gasteiger partial charge in [0, 0.05) is 17.0 Å². The minimum absolute atomic E-state index is 0.965. The van der Waals surface area contributed by atoms with Crippen LogP contribution in [0.1, 0.15) is 16.7 Å². The molecule has 4 aromatic rings. The maximum Gasteiger partial charge on any atom is 0.0711 e. The fraction of sp³-hybridized carbons (Fsp3) is 0.0952. The third kappa shape index (κ3) is 2.35. The summed E-state index contributed by atoms with van der Waals surface area (Å²) in [5, 5.41) is 3.73. The molecule has 0 saturated heterocycles. The predicted octanol–water partition coefficient (Wildman–Crippen LogP) is 5.29. The van der Waals surface area contributed by atoms with E-state index in [1.54, 1.807) is 0 Å². The zero-order chi connectivity index (χ0) is 14.9. The molecule has 0 N–H and O–H groups in total. The summed E-state index contributed by atoms with van der Waals surface area (Å²) < 4.78 is 0. The highest BCUT2D eigenvalue weighted by Gasteiger charge is 2.04. The summed E-state index contributed by atoms with van der Waals surface area (Å²) in [5.41, 5.74) is 5.01. The van der Waals surface area contributed by atoms with Gasteiger partial charge in [0.2, 0.25) is 0 Å². The van der Waals surface area contributed by atoms with Crippen LogP contribution in [0.3, 0.4) is 0 Å². The van der Waals surface area contributed by atoms with Gasteiger partial charge < -0.3 is 0 Å². The quantitative estimate of drug-likeness (QED) is 0.456. The van der Waals surface area contributed by atoms with Crippen LogP contribution < -0.4 is 0 Å². The summed E-state index contributed by atoms with van der Waals surface area (Å²) in [7, 11) is 0. The Morgan fingerprint density at radius 1 is 0.773 bits per heavy atom. The maximum absolute atomic E-state index is 4.58. The lowest BCUT2D eigenvalue weighted by molar-refractivity contribution is 1.20. The summed E-state index contributed by atoms with van der Waals surface area (Å²) in [6, 6.07) is 23.8. The fourth-order valence-electron chi connectivity index (χ4n) is 3.01. The first-order valence-corrected chi connectivity index (χ1v) is 7.61. The van der Waals surface area contributed by atoms with Gasteiger partial charge in [0.15, 0.2) is 0 Å². The molecule has 0 atom stereocenters. The van der Waals surface area contributed by atoms with Gasteiger partial charge in [-0.05, 0) is 41.5 Å². The SMILES string of the molecule is Cc1ccc2c(c1)ncc1ccc(Cc3ccccc3)cc12. The number of nitrogens with zero attached hydrogens (tertiary/aromatic N) is 1. The van der Waals surface area contributed by atoms with Gasteiger partial charge >= 0.3 is 0 Å². The molecule has 0 fully saturated rings. The monoisotopic (exact) mass is 283 g/mol. The Morgan fingerprint density at radius 3 is 2.50 bits per heavy atom. The van der Waals surface area contributed by atoms with Crippen LogP contribution in [0, 0.1) is 6.92 Å². The van der Waals surface area contributed by atoms with E-state index >= 15 is 0 Å². The molecule has 3 aromatic carbocycles. The molecule has 1 heterocycles. The molecule has 1 nitrogen and oxygen atoms in total. The van der Waals surface area contributed by atoms with Gasteiger partial charge in [-0.25, -0.2) is 0 Å². The van der Waals surface area contributed by atoms with E-state index in [4.69, 9.17) is 0 Å². The second kappa shape index (κ2) is 5.27. The standard InChI is InChI=1S/C21H17N/c1-15-7-10-19-20-13-17(12-16-5-3-2-4-6-16)8-9-18(20)14-22-21(19)11-15/h2-11,13-14H,12H2,1H3. The fourth-order valence-corrected chi connectivity index (χ4v) is 3.01. The van der Waals surface area contributed by atoms with Gasteiger partial charge in [-0.15, -0.1) is 0 Å². The number of benzene rings is 3. The van der Waals surface area contributed by atoms with Gasteiger partial charge in [-0.2, -0.15) is 0 Å². The smallest absolute Gasteiger partial charge is 0.0711 e. The molecule has 22 heavy (non-hydrogen) atoms. The number of hydrogen-bond donors (Lipinski definition) is 0. The van der Waals surface area contributed by atoms with E-state index in [1.165, 1.54) is 32.8 Å². The van der Waals surface area contributed by atoms with Crippen LogP contribution in [0.5, 0.6) is 0 Å². The zero-order valence-corrected chi connectivity index (χ0v) is 12.6. The van der Waals surface area contributed by atoms with Crippen molar-refractivity contribution < 1.29 is 0 Å². The maximum atomic E-state index is 4.58. The molecule has 0 aliphatic heterocycles. The molecule has 0 unspecified atom stereocenters. The number of rotatable bonds is 2. The summed E-state index contributed by atoms with van der Waals surface area (Å²) in [4.78, 5) is 4.58. The Kier molecular flexibility index (Phi) is 3.12. The van der Waals surface area contributed by atoms with Crippen LogP contribution in [0.15, 0.2) is 72.9 Å². The molecule has 1 heteroatoms. The van der Waals surface area contributed by atoms with E-state index in [1.807, 2.05) is 6.20 Å². The van der Waals surface area contributed by atoms with Crippen molar-refractivity contribution in [3.05, 3.63) is 89.6 Å². The van der Waals surface area contributed by atoms with Crippen LogP contribution in [-0.2, 0) is 6.42 Å². The predicted molar refractivity (Wildman–Crippen MR) is 93.2 cm³/mol. The van der Waals surface area contributed by atoms with Crippen molar-refractivity contribution in [1.29, 1.82) is 0 Å². The first kappa shape index (κ1) is 13.0. The molecule has 0 aliphatic carbocycles. The topological polar surface area (TPSA) is 12.9 Å². The summed E-state index contributed by atoms with van der Waals surface area (Å²) >= 11 is 0. The van der Waals surface area contributed by atoms with Crippen molar-refractivity contribution in [2.45, 2.75) is 13.3 Å². The lowest BCUT2D eigenvalue weighted by Gasteiger charge is -2.07. The van der Waals surface area contributed by atoms with Crippen molar-refractivity contribution >= 4 is 21.7 Å². The van der Waals surface area contributed by atoms with Crippen molar-refractivity contribution in [2.24, 2.45) is 0 Å². The van der Waals surface area contributed by atoms with Crippen molar-refractivity contribution in [1.82, 2.24) is 4.98 Å². The summed E-state index contributed by atoms with van der Waals surface area (Å²) in [6.45, 7) is 2.11. The average Bonchev–Trinajstić information content (AvgIpc) is 2.55. The zero-order valence-electron chi connectivity index (χ0n) is 12.6. The van der Waals surface area contributed by atoms with E-state index in [2.05, 4.69) is 78.6 Å². The normalized spacial score (nSPS) is 11.1. The number of fused-ring (bicyclic) bond motifs is 3. The van der Waals surface area contributed by atoms with Crippen LogP contribution in [0.4, 0.5) is 0 Å². The van der Waals surface area contributed by atoms with Crippen molar-refractivity contribution in [3.63, 3.8) is 0 Å². The van der Waals surface area contributed by atoms with Crippen LogP contribution in [-0.4, -0.2) is 4.98 Å². The molecule has 0 amide bonds. The largest absolute Gasteiger partial charge is 0.256 e. The molecule has 0 saturated carbocycles. The van der Waals surface area contributed by atoms with Crippen LogP contribution in [0.25, 0.3) is 21.7 Å². The number of aromatic nitrogens is 1. The average molecular weight is 283 g/mol. The van der Waals surface area contributed by atoms with Gasteiger partial charge in [-0.3, -0.25) is 4.98 Å². The van der Waals surface area contributed by atoms with Gasteiger partial charge in [0.1, 0.15) is 0 Å². The Balaban J connectivity index is 1.86. The molecule has 1 aromatic heterocycles. The van der Waals surface area contributed by atoms with Gasteiger partial charge in [0.25, 0.3) is 0 Å². The van der Waals surface area contributed by atoms with Crippen molar-refractivity contribution in [2.75, 3.05) is 0 Å². The molecular formula is C21H17N. The number of hydrogen-bond acceptors (Lipinski definition) is 1. The lowest BCUT2D eigenvalue weighted by atomic mass is 9.99. The molecule has 4 rings (SSSR count). The Morgan fingerprint density at radius 2 is 1.64 bits per heavy atom. The Labute approximate surface area is 130 Å². The number of pyridine rings is 1. The van der Waals surface area contributed by atoms with E-state index in [0.717, 1.165) is 11.9 Å². The minimum atomic E-state index is 0.965. The second-order valence-corrected chi connectivity index (χ2v) is 5.86. The second-order valence-electron chi connectivity index (χ2n) is 5.86. The van der Waals surface area contributed by atoms with E-state index in [9.17, 15) is 0 Å².